The number of amides is 2. The molecule has 0 aliphatic rings. The van der Waals surface area contributed by atoms with Crippen LogP contribution in [0.15, 0.2) is 53.0 Å². The van der Waals surface area contributed by atoms with E-state index < -0.39 is 28.5 Å². The SMILES string of the molecule is CCCCNC(=O)[C@@H](C)N(Cc1cccc(Br)c1)C(=O)CN(c1ccc(Cl)cc1)S(C)(=O)=O. The van der Waals surface area contributed by atoms with Gasteiger partial charge in [-0.2, -0.15) is 0 Å². The molecule has 1 atom stereocenters. The van der Waals surface area contributed by atoms with Crippen molar-refractivity contribution in [1.82, 2.24) is 10.2 Å². The first kappa shape index (κ1) is 27.1. The standard InChI is InChI=1S/C23H29BrClN3O4S/c1-4-5-13-26-23(30)17(2)27(15-18-7-6-8-19(24)14-18)22(29)16-28(33(3,31)32)21-11-9-20(25)10-12-21/h6-12,14,17H,4-5,13,15-16H2,1-3H3,(H,26,30)/t17-/m1/s1. The zero-order chi connectivity index (χ0) is 24.6. The lowest BCUT2D eigenvalue weighted by Gasteiger charge is -2.31. The van der Waals surface area contributed by atoms with Crippen LogP contribution in [0, 0.1) is 0 Å². The maximum Gasteiger partial charge on any atom is 0.244 e. The molecule has 0 saturated carbocycles. The first-order valence-electron chi connectivity index (χ1n) is 10.6. The van der Waals surface area contributed by atoms with Crippen LogP contribution in [0.4, 0.5) is 5.69 Å². The minimum atomic E-state index is -3.77. The Hall–Kier alpha value is -2.10. The summed E-state index contributed by atoms with van der Waals surface area (Å²) in [5.41, 5.74) is 1.13. The highest BCUT2D eigenvalue weighted by molar-refractivity contribution is 9.10. The molecular weight excluding hydrogens is 530 g/mol. The van der Waals surface area contributed by atoms with Crippen molar-refractivity contribution < 1.29 is 18.0 Å². The number of sulfonamides is 1. The smallest absolute Gasteiger partial charge is 0.244 e. The molecule has 33 heavy (non-hydrogen) atoms. The van der Waals surface area contributed by atoms with Crippen molar-refractivity contribution in [3.05, 3.63) is 63.6 Å². The fourth-order valence-corrected chi connectivity index (χ4v) is 4.59. The van der Waals surface area contributed by atoms with Gasteiger partial charge in [0, 0.05) is 22.6 Å². The number of nitrogens with one attached hydrogen (secondary N) is 1. The lowest BCUT2D eigenvalue weighted by Crippen LogP contribution is -2.51. The molecule has 0 bridgehead atoms. The summed E-state index contributed by atoms with van der Waals surface area (Å²) >= 11 is 9.35. The molecule has 1 N–H and O–H groups in total. The molecule has 180 valence electrons. The van der Waals surface area contributed by atoms with Gasteiger partial charge in [-0.1, -0.05) is 53.0 Å². The van der Waals surface area contributed by atoms with Gasteiger partial charge in [-0.25, -0.2) is 8.42 Å². The first-order valence-corrected chi connectivity index (χ1v) is 13.6. The predicted octanol–water partition coefficient (Wildman–Crippen LogP) is 4.20. The summed E-state index contributed by atoms with van der Waals surface area (Å²) < 4.78 is 26.8. The van der Waals surface area contributed by atoms with Crippen LogP contribution in [0.2, 0.25) is 5.02 Å². The zero-order valence-corrected chi connectivity index (χ0v) is 22.1. The van der Waals surface area contributed by atoms with Gasteiger partial charge in [0.25, 0.3) is 0 Å². The van der Waals surface area contributed by atoms with Crippen molar-refractivity contribution in [3.63, 3.8) is 0 Å². The van der Waals surface area contributed by atoms with E-state index in [2.05, 4.69) is 21.2 Å². The molecule has 2 rings (SSSR count). The lowest BCUT2D eigenvalue weighted by molar-refractivity contribution is -0.139. The van der Waals surface area contributed by atoms with Gasteiger partial charge >= 0.3 is 0 Å². The Labute approximate surface area is 209 Å². The largest absolute Gasteiger partial charge is 0.354 e. The van der Waals surface area contributed by atoms with E-state index in [-0.39, 0.29) is 12.5 Å². The van der Waals surface area contributed by atoms with E-state index in [1.165, 1.54) is 17.0 Å². The Bertz CT molecular complexity index is 1060. The van der Waals surface area contributed by atoms with Crippen LogP contribution in [0.5, 0.6) is 0 Å². The van der Waals surface area contributed by atoms with E-state index in [0.29, 0.717) is 17.3 Å². The maximum absolute atomic E-state index is 13.4. The quantitative estimate of drug-likeness (QED) is 0.419. The number of unbranched alkanes of at least 4 members (excludes halogenated alkanes) is 1. The number of benzene rings is 2. The number of hydrogen-bond acceptors (Lipinski definition) is 4. The second kappa shape index (κ2) is 12.4. The molecule has 2 aromatic rings. The Morgan fingerprint density at radius 3 is 2.39 bits per heavy atom. The second-order valence-corrected chi connectivity index (χ2v) is 11.0. The van der Waals surface area contributed by atoms with Gasteiger partial charge in [0.1, 0.15) is 12.6 Å². The summed E-state index contributed by atoms with van der Waals surface area (Å²) in [6, 6.07) is 12.8. The second-order valence-electron chi connectivity index (χ2n) is 7.72. The van der Waals surface area contributed by atoms with Crippen molar-refractivity contribution in [2.45, 2.75) is 39.3 Å². The van der Waals surface area contributed by atoms with Crippen molar-refractivity contribution >= 4 is 55.1 Å². The minimum Gasteiger partial charge on any atom is -0.354 e. The van der Waals surface area contributed by atoms with Gasteiger partial charge in [0.15, 0.2) is 0 Å². The fraction of sp³-hybridized carbons (Fsp3) is 0.391. The van der Waals surface area contributed by atoms with Gasteiger partial charge < -0.3 is 10.2 Å². The van der Waals surface area contributed by atoms with Crippen LogP contribution in [-0.4, -0.2) is 50.5 Å². The van der Waals surface area contributed by atoms with Crippen LogP contribution in [-0.2, 0) is 26.2 Å². The molecule has 0 aliphatic heterocycles. The Balaban J connectivity index is 2.33. The van der Waals surface area contributed by atoms with Crippen LogP contribution in [0.25, 0.3) is 0 Å². The van der Waals surface area contributed by atoms with E-state index in [9.17, 15) is 18.0 Å². The third kappa shape index (κ3) is 8.32. The number of nitrogens with zero attached hydrogens (tertiary/aromatic N) is 2. The number of carbonyl (C=O) groups excluding carboxylic acids is 2. The van der Waals surface area contributed by atoms with Crippen molar-refractivity contribution in [3.8, 4) is 0 Å². The van der Waals surface area contributed by atoms with E-state index in [1.807, 2.05) is 31.2 Å². The molecule has 0 fully saturated rings. The molecular formula is C23H29BrClN3O4S. The van der Waals surface area contributed by atoms with E-state index in [4.69, 9.17) is 11.6 Å². The summed E-state index contributed by atoms with van der Waals surface area (Å²) in [7, 11) is -3.77. The van der Waals surface area contributed by atoms with Crippen LogP contribution in [0.3, 0.4) is 0 Å². The van der Waals surface area contributed by atoms with E-state index in [0.717, 1.165) is 33.4 Å². The first-order chi connectivity index (χ1) is 15.5. The van der Waals surface area contributed by atoms with E-state index >= 15 is 0 Å². The van der Waals surface area contributed by atoms with Gasteiger partial charge in [0.05, 0.1) is 11.9 Å². The molecule has 2 aromatic carbocycles. The number of rotatable bonds is 11. The van der Waals surface area contributed by atoms with Crippen molar-refractivity contribution in [2.24, 2.45) is 0 Å². The van der Waals surface area contributed by atoms with Crippen molar-refractivity contribution in [2.75, 3.05) is 23.7 Å². The molecule has 0 radical (unpaired) electrons. The van der Waals surface area contributed by atoms with Crippen LogP contribution in [0.1, 0.15) is 32.3 Å². The molecule has 0 heterocycles. The number of anilines is 1. The summed E-state index contributed by atoms with van der Waals surface area (Å²) in [6.45, 7) is 3.89. The molecule has 2 amide bonds. The zero-order valence-electron chi connectivity index (χ0n) is 18.9. The Morgan fingerprint density at radius 1 is 1.15 bits per heavy atom. The normalized spacial score (nSPS) is 12.2. The number of hydrogen-bond donors (Lipinski definition) is 1. The van der Waals surface area contributed by atoms with Crippen LogP contribution >= 0.6 is 27.5 Å². The summed E-state index contributed by atoms with van der Waals surface area (Å²) in [5.74, 6) is -0.780. The highest BCUT2D eigenvalue weighted by Gasteiger charge is 2.30. The third-order valence-corrected chi connectivity index (χ3v) is 6.92. The Kier molecular flexibility index (Phi) is 10.2. The van der Waals surface area contributed by atoms with E-state index in [1.54, 1.807) is 19.1 Å². The summed E-state index contributed by atoms with van der Waals surface area (Å²) in [6.07, 6.45) is 2.80. The molecule has 0 saturated heterocycles. The average Bonchev–Trinajstić information content (AvgIpc) is 2.75. The highest BCUT2D eigenvalue weighted by atomic mass is 79.9. The summed E-state index contributed by atoms with van der Waals surface area (Å²) in [5, 5.41) is 3.30. The molecule has 0 aromatic heterocycles. The van der Waals surface area contributed by atoms with Gasteiger partial charge in [0.2, 0.25) is 21.8 Å². The lowest BCUT2D eigenvalue weighted by atomic mass is 10.1. The fourth-order valence-electron chi connectivity index (χ4n) is 3.17. The minimum absolute atomic E-state index is 0.152. The monoisotopic (exact) mass is 557 g/mol. The molecule has 0 unspecified atom stereocenters. The molecule has 0 spiro atoms. The molecule has 0 aliphatic carbocycles. The van der Waals surface area contributed by atoms with Gasteiger partial charge in [-0.15, -0.1) is 0 Å². The summed E-state index contributed by atoms with van der Waals surface area (Å²) in [4.78, 5) is 27.6. The topological polar surface area (TPSA) is 86.8 Å². The highest BCUT2D eigenvalue weighted by Crippen LogP contribution is 2.22. The van der Waals surface area contributed by atoms with Crippen LogP contribution < -0.4 is 9.62 Å². The Morgan fingerprint density at radius 2 is 1.82 bits per heavy atom. The molecule has 10 heteroatoms. The molecule has 7 nitrogen and oxygen atoms in total. The maximum atomic E-state index is 13.4. The van der Waals surface area contributed by atoms with Gasteiger partial charge in [-0.05, 0) is 55.3 Å². The predicted molar refractivity (Wildman–Crippen MR) is 136 cm³/mol. The number of halogens is 2. The average molecular weight is 559 g/mol. The van der Waals surface area contributed by atoms with Gasteiger partial charge in [-0.3, -0.25) is 13.9 Å². The van der Waals surface area contributed by atoms with Crippen molar-refractivity contribution in [1.29, 1.82) is 0 Å². The number of carbonyl (C=O) groups is 2. The third-order valence-electron chi connectivity index (χ3n) is 5.03.